The molecule has 0 aromatic heterocycles. The fourth-order valence-corrected chi connectivity index (χ4v) is 1.49. The summed E-state index contributed by atoms with van der Waals surface area (Å²) in [5, 5.41) is 8.58. The molecule has 5 nitrogen and oxygen atoms in total. The molecule has 1 N–H and O–H groups in total. The molecule has 0 fully saturated rings. The fourth-order valence-electron chi connectivity index (χ4n) is 1.49. The minimum absolute atomic E-state index is 0.514. The lowest BCUT2D eigenvalue weighted by Crippen LogP contribution is -2.16. The number of carbonyl (C=O) groups is 2. The van der Waals surface area contributed by atoms with E-state index in [-0.39, 0.29) is 0 Å². The van der Waals surface area contributed by atoms with Gasteiger partial charge in [0.25, 0.3) is 5.78 Å². The predicted molar refractivity (Wildman–Crippen MR) is 56.5 cm³/mol. The van der Waals surface area contributed by atoms with Crippen LogP contribution in [-0.2, 0) is 11.0 Å². The molecule has 104 valence electrons. The van der Waals surface area contributed by atoms with Crippen LogP contribution in [0.4, 0.5) is 13.2 Å². The van der Waals surface area contributed by atoms with Gasteiger partial charge < -0.3 is 14.6 Å². The van der Waals surface area contributed by atoms with Crippen LogP contribution in [0.3, 0.4) is 0 Å². The third kappa shape index (κ3) is 2.78. The number of hydrogen-bond donors (Lipinski definition) is 1. The minimum atomic E-state index is -4.72. The molecule has 0 radical (unpaired) electrons. The number of aliphatic carboxylic acids is 1. The highest BCUT2D eigenvalue weighted by atomic mass is 19.4. The van der Waals surface area contributed by atoms with Gasteiger partial charge in [-0.25, -0.2) is 4.79 Å². The zero-order valence-electron chi connectivity index (χ0n) is 9.87. The third-order valence-electron chi connectivity index (χ3n) is 2.26. The van der Waals surface area contributed by atoms with Crippen LogP contribution in [0.2, 0.25) is 0 Å². The van der Waals surface area contributed by atoms with Gasteiger partial charge in [0.05, 0.1) is 19.8 Å². The van der Waals surface area contributed by atoms with Gasteiger partial charge in [0.2, 0.25) is 0 Å². The molecule has 0 heterocycles. The largest absolute Gasteiger partial charge is 0.492 e. The summed E-state index contributed by atoms with van der Waals surface area (Å²) < 4.78 is 47.4. The topological polar surface area (TPSA) is 72.8 Å². The maximum absolute atomic E-state index is 12.7. The summed E-state index contributed by atoms with van der Waals surface area (Å²) in [5.74, 6) is -4.49. The van der Waals surface area contributed by atoms with Crippen LogP contribution in [-0.4, -0.2) is 31.1 Å². The van der Waals surface area contributed by atoms with Crippen molar-refractivity contribution in [2.24, 2.45) is 0 Å². The number of alkyl halides is 3. The van der Waals surface area contributed by atoms with Gasteiger partial charge in [0.1, 0.15) is 5.56 Å². The second-order valence-corrected chi connectivity index (χ2v) is 3.36. The number of halogens is 3. The van der Waals surface area contributed by atoms with E-state index in [0.717, 1.165) is 20.3 Å². The maximum Gasteiger partial charge on any atom is 0.420 e. The number of Topliss-reactive ketones (excluding diaryl/α,β-unsaturated/α-hetero) is 1. The van der Waals surface area contributed by atoms with E-state index in [1.54, 1.807) is 0 Å². The summed E-state index contributed by atoms with van der Waals surface area (Å²) in [7, 11) is 1.97. The number of methoxy groups -OCH3 is 2. The van der Waals surface area contributed by atoms with Crippen molar-refractivity contribution >= 4 is 11.8 Å². The summed E-state index contributed by atoms with van der Waals surface area (Å²) in [6, 6.07) is 1.30. The molecule has 0 aliphatic rings. The fraction of sp³-hybridized carbons (Fsp3) is 0.273. The van der Waals surface area contributed by atoms with Crippen molar-refractivity contribution in [3.8, 4) is 11.5 Å². The number of hydrogen-bond acceptors (Lipinski definition) is 4. The van der Waals surface area contributed by atoms with Crippen molar-refractivity contribution < 1.29 is 37.3 Å². The van der Waals surface area contributed by atoms with Gasteiger partial charge in [-0.2, -0.15) is 13.2 Å². The lowest BCUT2D eigenvalue weighted by atomic mass is 10.0. The molecule has 0 atom stereocenters. The standard InChI is InChI=1S/C11H9F3O5/c1-18-8-5(7(15)10(16)17)3-4-6(9(8)19-2)11(12,13)14/h3-4H,1-2H3,(H,16,17). The smallest absolute Gasteiger partial charge is 0.420 e. The summed E-state index contributed by atoms with van der Waals surface area (Å²) in [5.41, 5.74) is -1.67. The lowest BCUT2D eigenvalue weighted by molar-refractivity contribution is -0.138. The number of carbonyl (C=O) groups excluding carboxylic acids is 1. The van der Waals surface area contributed by atoms with Crippen molar-refractivity contribution in [2.75, 3.05) is 14.2 Å². The normalized spacial score (nSPS) is 11.0. The molecule has 0 spiro atoms. The van der Waals surface area contributed by atoms with Crippen LogP contribution >= 0.6 is 0 Å². The molecule has 1 aromatic carbocycles. The first kappa shape index (κ1) is 14.8. The Hall–Kier alpha value is -2.25. The van der Waals surface area contributed by atoms with Crippen LogP contribution < -0.4 is 9.47 Å². The van der Waals surface area contributed by atoms with E-state index in [9.17, 15) is 22.8 Å². The van der Waals surface area contributed by atoms with Crippen LogP contribution in [0.1, 0.15) is 15.9 Å². The summed E-state index contributed by atoms with van der Waals surface area (Å²) in [4.78, 5) is 21.9. The Morgan fingerprint density at radius 2 is 1.63 bits per heavy atom. The molecule has 1 rings (SSSR count). The Morgan fingerprint density at radius 3 is 2.00 bits per heavy atom. The van der Waals surface area contributed by atoms with Crippen molar-refractivity contribution in [1.82, 2.24) is 0 Å². The Bertz CT molecular complexity index is 522. The Labute approximate surface area is 105 Å². The Kier molecular flexibility index (Phi) is 4.03. The van der Waals surface area contributed by atoms with Gasteiger partial charge in [-0.1, -0.05) is 0 Å². The minimum Gasteiger partial charge on any atom is -0.492 e. The zero-order chi connectivity index (χ0) is 14.8. The molecule has 0 unspecified atom stereocenters. The molecule has 19 heavy (non-hydrogen) atoms. The summed E-state index contributed by atoms with van der Waals surface area (Å²) in [6.07, 6.45) is -4.72. The molecule has 0 saturated carbocycles. The van der Waals surface area contributed by atoms with Gasteiger partial charge in [0, 0.05) is 0 Å². The highest BCUT2D eigenvalue weighted by Gasteiger charge is 2.37. The van der Waals surface area contributed by atoms with Crippen molar-refractivity contribution in [3.05, 3.63) is 23.3 Å². The van der Waals surface area contributed by atoms with Gasteiger partial charge >= 0.3 is 12.1 Å². The third-order valence-corrected chi connectivity index (χ3v) is 2.26. The van der Waals surface area contributed by atoms with Crippen LogP contribution in [0.5, 0.6) is 11.5 Å². The Balaban J connectivity index is 3.56. The van der Waals surface area contributed by atoms with Gasteiger partial charge in [-0.05, 0) is 12.1 Å². The molecule has 8 heteroatoms. The molecule has 1 aromatic rings. The molecule has 0 aliphatic heterocycles. The van der Waals surface area contributed by atoms with Gasteiger partial charge in [-0.3, -0.25) is 4.79 Å². The first-order valence-electron chi connectivity index (χ1n) is 4.83. The Morgan fingerprint density at radius 1 is 1.11 bits per heavy atom. The summed E-state index contributed by atoms with van der Waals surface area (Å²) >= 11 is 0. The van der Waals surface area contributed by atoms with Crippen LogP contribution in [0.25, 0.3) is 0 Å². The van der Waals surface area contributed by atoms with Gasteiger partial charge in [-0.15, -0.1) is 0 Å². The SMILES string of the molecule is COc1c(C(=O)C(=O)O)ccc(C(F)(F)F)c1OC. The van der Waals surface area contributed by atoms with Crippen molar-refractivity contribution in [3.63, 3.8) is 0 Å². The average Bonchev–Trinajstić information content (AvgIpc) is 2.34. The maximum atomic E-state index is 12.7. The van der Waals surface area contributed by atoms with Crippen molar-refractivity contribution in [2.45, 2.75) is 6.18 Å². The molecule has 0 aliphatic carbocycles. The summed E-state index contributed by atoms with van der Waals surface area (Å²) in [6.45, 7) is 0. The van der Waals surface area contributed by atoms with E-state index < -0.39 is 40.6 Å². The van der Waals surface area contributed by atoms with E-state index in [4.69, 9.17) is 5.11 Å². The van der Waals surface area contributed by atoms with E-state index in [0.29, 0.717) is 6.07 Å². The average molecular weight is 278 g/mol. The van der Waals surface area contributed by atoms with Gasteiger partial charge in [0.15, 0.2) is 11.5 Å². The predicted octanol–water partition coefficient (Wildman–Crippen LogP) is 1.99. The highest BCUT2D eigenvalue weighted by molar-refractivity contribution is 6.40. The van der Waals surface area contributed by atoms with E-state index in [2.05, 4.69) is 9.47 Å². The highest BCUT2D eigenvalue weighted by Crippen LogP contribution is 2.43. The second-order valence-electron chi connectivity index (χ2n) is 3.36. The first-order valence-corrected chi connectivity index (χ1v) is 4.83. The molecule has 0 bridgehead atoms. The van der Waals surface area contributed by atoms with E-state index >= 15 is 0 Å². The number of benzene rings is 1. The lowest BCUT2D eigenvalue weighted by Gasteiger charge is -2.16. The van der Waals surface area contributed by atoms with E-state index in [1.807, 2.05) is 0 Å². The number of carboxylic acid groups (broad SMARTS) is 1. The monoisotopic (exact) mass is 278 g/mol. The molecular formula is C11H9F3O5. The quantitative estimate of drug-likeness (QED) is 0.673. The number of rotatable bonds is 4. The number of ether oxygens (including phenoxy) is 2. The van der Waals surface area contributed by atoms with Crippen molar-refractivity contribution in [1.29, 1.82) is 0 Å². The first-order chi connectivity index (χ1) is 8.73. The molecule has 0 saturated heterocycles. The second kappa shape index (κ2) is 5.17. The van der Waals surface area contributed by atoms with Crippen LogP contribution in [0.15, 0.2) is 12.1 Å². The zero-order valence-corrected chi connectivity index (χ0v) is 9.87. The number of carboxylic acids is 1. The van der Waals surface area contributed by atoms with Crippen LogP contribution in [0, 0.1) is 0 Å². The number of ketones is 1. The van der Waals surface area contributed by atoms with E-state index in [1.165, 1.54) is 0 Å². The molecular weight excluding hydrogens is 269 g/mol. The molecule has 0 amide bonds.